The van der Waals surface area contributed by atoms with Crippen molar-refractivity contribution >= 4 is 28.5 Å². The summed E-state index contributed by atoms with van der Waals surface area (Å²) in [6.07, 6.45) is 0. The second-order valence-corrected chi connectivity index (χ2v) is 6.43. The van der Waals surface area contributed by atoms with Crippen LogP contribution in [0.1, 0.15) is 27.7 Å². The molecule has 0 fully saturated rings. The summed E-state index contributed by atoms with van der Waals surface area (Å²) in [7, 11) is 0. The Kier molecular flexibility index (Phi) is 4.01. The normalized spacial score (nSPS) is 16.3. The van der Waals surface area contributed by atoms with Gasteiger partial charge in [-0.25, -0.2) is 4.39 Å². The molecule has 1 aliphatic heterocycles. The Morgan fingerprint density at radius 3 is 2.73 bits per heavy atom. The first-order chi connectivity index (χ1) is 12.5. The number of hydrogen-bond donors (Lipinski definition) is 1. The van der Waals surface area contributed by atoms with E-state index in [1.54, 1.807) is 24.3 Å². The molecule has 0 saturated carbocycles. The van der Waals surface area contributed by atoms with Crippen LogP contribution in [0.15, 0.2) is 51.7 Å². The number of fused-ring (bicyclic) bond motifs is 2. The third-order valence-electron chi connectivity index (χ3n) is 4.43. The number of aliphatic hydroxyl groups is 1. The first-order valence-corrected chi connectivity index (χ1v) is 8.32. The van der Waals surface area contributed by atoms with E-state index in [4.69, 9.17) is 16.0 Å². The predicted octanol–water partition coefficient (Wildman–Crippen LogP) is 3.12. The van der Waals surface area contributed by atoms with Gasteiger partial charge in [0.1, 0.15) is 11.4 Å². The molecule has 1 aromatic heterocycles. The fourth-order valence-electron chi connectivity index (χ4n) is 3.35. The van der Waals surface area contributed by atoms with E-state index in [0.717, 1.165) is 12.1 Å². The van der Waals surface area contributed by atoms with E-state index in [1.165, 1.54) is 11.0 Å². The van der Waals surface area contributed by atoms with E-state index >= 15 is 0 Å². The fraction of sp³-hybridized carbons (Fsp3) is 0.158. The number of nitrogens with zero attached hydrogens (tertiary/aromatic N) is 1. The lowest BCUT2D eigenvalue weighted by Gasteiger charge is -2.24. The van der Waals surface area contributed by atoms with Gasteiger partial charge in [0.2, 0.25) is 5.76 Å². The Hall–Kier alpha value is -2.70. The monoisotopic (exact) mass is 373 g/mol. The minimum atomic E-state index is -0.757. The molecule has 0 spiro atoms. The van der Waals surface area contributed by atoms with Gasteiger partial charge in [-0.1, -0.05) is 23.7 Å². The maximum Gasteiger partial charge on any atom is 0.290 e. The van der Waals surface area contributed by atoms with Crippen molar-refractivity contribution in [2.45, 2.75) is 6.04 Å². The minimum Gasteiger partial charge on any atom is -0.450 e. The number of aliphatic hydroxyl groups excluding tert-OH is 1. The molecule has 3 aromatic rings. The van der Waals surface area contributed by atoms with Crippen molar-refractivity contribution in [1.29, 1.82) is 0 Å². The summed E-state index contributed by atoms with van der Waals surface area (Å²) in [5.74, 6) is -1.16. The van der Waals surface area contributed by atoms with Crippen LogP contribution in [0, 0.1) is 5.82 Å². The van der Waals surface area contributed by atoms with Gasteiger partial charge in [-0.3, -0.25) is 9.59 Å². The van der Waals surface area contributed by atoms with Gasteiger partial charge in [0.25, 0.3) is 5.91 Å². The van der Waals surface area contributed by atoms with E-state index in [1.807, 2.05) is 0 Å². The largest absolute Gasteiger partial charge is 0.450 e. The van der Waals surface area contributed by atoms with Crippen molar-refractivity contribution in [1.82, 2.24) is 4.90 Å². The lowest BCUT2D eigenvalue weighted by molar-refractivity contribution is 0.0691. The summed E-state index contributed by atoms with van der Waals surface area (Å²) < 4.78 is 19.2. The van der Waals surface area contributed by atoms with Gasteiger partial charge in [0.15, 0.2) is 5.43 Å². The predicted molar refractivity (Wildman–Crippen MR) is 93.9 cm³/mol. The van der Waals surface area contributed by atoms with Crippen LogP contribution in [-0.2, 0) is 0 Å². The van der Waals surface area contributed by atoms with E-state index in [0.29, 0.717) is 10.6 Å². The molecule has 0 radical (unpaired) electrons. The Bertz CT molecular complexity index is 1090. The second-order valence-electron chi connectivity index (χ2n) is 5.99. The molecular formula is C19H13ClFNO4. The number of halogens is 2. The van der Waals surface area contributed by atoms with E-state index in [2.05, 4.69) is 0 Å². The number of amides is 1. The van der Waals surface area contributed by atoms with Crippen molar-refractivity contribution in [3.63, 3.8) is 0 Å². The highest BCUT2D eigenvalue weighted by atomic mass is 35.5. The van der Waals surface area contributed by atoms with Crippen LogP contribution in [-0.4, -0.2) is 29.1 Å². The third-order valence-corrected chi connectivity index (χ3v) is 4.67. The molecule has 1 atom stereocenters. The Balaban J connectivity index is 2.03. The van der Waals surface area contributed by atoms with E-state index < -0.39 is 23.2 Å². The molecule has 132 valence electrons. The quantitative estimate of drug-likeness (QED) is 0.765. The molecule has 26 heavy (non-hydrogen) atoms. The first kappa shape index (κ1) is 16.8. The van der Waals surface area contributed by atoms with E-state index in [9.17, 15) is 19.1 Å². The second kappa shape index (κ2) is 6.23. The van der Waals surface area contributed by atoms with Gasteiger partial charge in [-0.15, -0.1) is 0 Å². The summed E-state index contributed by atoms with van der Waals surface area (Å²) in [4.78, 5) is 27.2. The van der Waals surface area contributed by atoms with Crippen LogP contribution in [0.2, 0.25) is 5.02 Å². The first-order valence-electron chi connectivity index (χ1n) is 7.95. The van der Waals surface area contributed by atoms with Crippen molar-refractivity contribution in [3.05, 3.63) is 80.4 Å². The summed E-state index contributed by atoms with van der Waals surface area (Å²) in [6, 6.07) is 9.59. The van der Waals surface area contributed by atoms with E-state index in [-0.39, 0.29) is 35.4 Å². The maximum atomic E-state index is 13.6. The van der Waals surface area contributed by atoms with Gasteiger partial charge >= 0.3 is 0 Å². The molecule has 0 unspecified atom stereocenters. The molecule has 0 aliphatic carbocycles. The van der Waals surface area contributed by atoms with Crippen LogP contribution in [0.3, 0.4) is 0 Å². The van der Waals surface area contributed by atoms with Gasteiger partial charge < -0.3 is 14.4 Å². The van der Waals surface area contributed by atoms with Gasteiger partial charge in [0.05, 0.1) is 23.6 Å². The number of rotatable bonds is 3. The molecule has 5 nitrogen and oxygen atoms in total. The van der Waals surface area contributed by atoms with Crippen molar-refractivity contribution in [3.8, 4) is 0 Å². The molecule has 2 heterocycles. The van der Waals surface area contributed by atoms with Crippen molar-refractivity contribution in [2.24, 2.45) is 0 Å². The minimum absolute atomic E-state index is 0.0182. The Morgan fingerprint density at radius 2 is 2.00 bits per heavy atom. The topological polar surface area (TPSA) is 70.8 Å². The number of carbonyl (C=O) groups excluding carboxylic acids is 1. The summed E-state index contributed by atoms with van der Waals surface area (Å²) in [5, 5.41) is 9.87. The molecule has 4 rings (SSSR count). The summed E-state index contributed by atoms with van der Waals surface area (Å²) in [6.45, 7) is -0.260. The number of benzene rings is 2. The zero-order chi connectivity index (χ0) is 18.4. The van der Waals surface area contributed by atoms with Gasteiger partial charge in [-0.2, -0.15) is 0 Å². The molecule has 0 saturated heterocycles. The molecule has 0 bridgehead atoms. The Labute approximate surface area is 152 Å². The van der Waals surface area contributed by atoms with Gasteiger partial charge in [-0.05, 0) is 35.9 Å². The lowest BCUT2D eigenvalue weighted by atomic mass is 9.98. The standard InChI is InChI=1S/C19H13ClFNO4/c20-11-3-1-2-10(8-11)16-15-17(24)13-9-12(21)4-5-14(13)26-18(15)19(25)22(16)6-7-23/h1-5,8-9,16,23H,6-7H2/t16-/m0/s1. The highest BCUT2D eigenvalue weighted by Crippen LogP contribution is 2.38. The molecule has 7 heteroatoms. The summed E-state index contributed by atoms with van der Waals surface area (Å²) in [5.41, 5.74) is 0.406. The number of hydrogen-bond acceptors (Lipinski definition) is 4. The molecular weight excluding hydrogens is 361 g/mol. The summed E-state index contributed by atoms with van der Waals surface area (Å²) >= 11 is 6.06. The SMILES string of the molecule is O=C1c2oc3ccc(F)cc3c(=O)c2[C@H](c2cccc(Cl)c2)N1CCO. The highest BCUT2D eigenvalue weighted by Gasteiger charge is 2.42. The Morgan fingerprint density at radius 1 is 1.19 bits per heavy atom. The molecule has 1 N–H and O–H groups in total. The van der Waals surface area contributed by atoms with Crippen LogP contribution < -0.4 is 5.43 Å². The lowest BCUT2D eigenvalue weighted by Crippen LogP contribution is -2.32. The van der Waals surface area contributed by atoms with Crippen LogP contribution >= 0.6 is 11.6 Å². The third kappa shape index (κ3) is 2.50. The molecule has 1 aliphatic rings. The highest BCUT2D eigenvalue weighted by molar-refractivity contribution is 6.30. The average molecular weight is 374 g/mol. The van der Waals surface area contributed by atoms with Crippen molar-refractivity contribution < 1.29 is 18.7 Å². The fourth-order valence-corrected chi connectivity index (χ4v) is 3.55. The van der Waals surface area contributed by atoms with Crippen LogP contribution in [0.25, 0.3) is 11.0 Å². The van der Waals surface area contributed by atoms with Crippen LogP contribution in [0.5, 0.6) is 0 Å². The zero-order valence-corrected chi connectivity index (χ0v) is 14.2. The molecule has 1 amide bonds. The van der Waals surface area contributed by atoms with Gasteiger partial charge in [0, 0.05) is 11.6 Å². The van der Waals surface area contributed by atoms with Crippen molar-refractivity contribution in [2.75, 3.05) is 13.2 Å². The molecule has 2 aromatic carbocycles. The number of β-amino-alcohol motifs (C(OH)–C–C–N with tert-alkyl or cyclic N) is 1. The number of carbonyl (C=O) groups is 1. The smallest absolute Gasteiger partial charge is 0.290 e. The average Bonchev–Trinajstić information content (AvgIpc) is 2.89. The van der Waals surface area contributed by atoms with Crippen LogP contribution in [0.4, 0.5) is 4.39 Å². The zero-order valence-electron chi connectivity index (χ0n) is 13.4. The maximum absolute atomic E-state index is 13.6.